The molecule has 1 aliphatic rings. The molecule has 1 aliphatic heterocycles. The Bertz CT molecular complexity index is 1340. The summed E-state index contributed by atoms with van der Waals surface area (Å²) in [6.45, 7) is 1.38. The fraction of sp³-hybridized carbons (Fsp3) is 0.240. The van der Waals surface area contributed by atoms with Gasteiger partial charge in [0.25, 0.3) is 11.6 Å². The van der Waals surface area contributed by atoms with E-state index >= 15 is 0 Å². The van der Waals surface area contributed by atoms with E-state index in [1.165, 1.54) is 36.1 Å². The third kappa shape index (κ3) is 4.50. The summed E-state index contributed by atoms with van der Waals surface area (Å²) in [6.07, 6.45) is 0. The topological polar surface area (TPSA) is 122 Å². The second-order valence-electron chi connectivity index (χ2n) is 8.55. The van der Waals surface area contributed by atoms with E-state index in [1.807, 2.05) is 36.4 Å². The first-order chi connectivity index (χ1) is 16.6. The number of nitro benzene ring substituents is 1. The van der Waals surface area contributed by atoms with Crippen LogP contribution in [0.5, 0.6) is 5.75 Å². The Kier molecular flexibility index (Phi) is 6.12. The van der Waals surface area contributed by atoms with Gasteiger partial charge in [0.15, 0.2) is 0 Å². The van der Waals surface area contributed by atoms with Crippen LogP contribution in [0.2, 0.25) is 0 Å². The second kappa shape index (κ2) is 9.05. The zero-order valence-electron chi connectivity index (χ0n) is 19.5. The van der Waals surface area contributed by atoms with Crippen molar-refractivity contribution >= 4 is 34.3 Å². The highest BCUT2D eigenvalue weighted by molar-refractivity contribution is 6.09. The Balaban J connectivity index is 1.45. The molecule has 1 unspecified atom stereocenters. The zero-order valence-corrected chi connectivity index (χ0v) is 19.5. The van der Waals surface area contributed by atoms with E-state index < -0.39 is 34.9 Å². The van der Waals surface area contributed by atoms with Crippen molar-refractivity contribution in [1.29, 1.82) is 0 Å². The summed E-state index contributed by atoms with van der Waals surface area (Å²) >= 11 is 0. The molecule has 0 radical (unpaired) electrons. The minimum atomic E-state index is -1.43. The number of urea groups is 1. The molecule has 1 saturated heterocycles. The summed E-state index contributed by atoms with van der Waals surface area (Å²) in [5.74, 6) is -0.249. The maximum atomic E-state index is 13.1. The lowest BCUT2D eigenvalue weighted by Gasteiger charge is -2.23. The SMILES string of the molecule is COc1ccc2cc(CN(C)C(=O)CN3C(=O)NC(C)(c4ccc([N+](=O)[O-])cc4)C3=O)ccc2c1. The first-order valence-electron chi connectivity index (χ1n) is 10.8. The highest BCUT2D eigenvalue weighted by Gasteiger charge is 2.49. The van der Waals surface area contributed by atoms with Crippen LogP contribution < -0.4 is 10.1 Å². The molecule has 3 aromatic rings. The largest absolute Gasteiger partial charge is 0.497 e. The molecular weight excluding hydrogens is 452 g/mol. The third-order valence-electron chi connectivity index (χ3n) is 6.18. The number of methoxy groups -OCH3 is 1. The standard InChI is InChI=1S/C25H24N4O6/c1-25(19-7-9-20(10-8-19)29(33)34)23(31)28(24(32)26-25)15-22(30)27(2)14-16-4-5-18-13-21(35-3)11-6-17(18)12-16/h4-13H,14-15H2,1-3H3,(H,26,32). The molecule has 180 valence electrons. The number of ether oxygens (including phenoxy) is 1. The van der Waals surface area contributed by atoms with Gasteiger partial charge in [-0.2, -0.15) is 0 Å². The first-order valence-corrected chi connectivity index (χ1v) is 10.8. The Labute approximate surface area is 201 Å². The molecule has 4 amide bonds. The van der Waals surface area contributed by atoms with Gasteiger partial charge in [0.2, 0.25) is 5.91 Å². The molecular formula is C25H24N4O6. The van der Waals surface area contributed by atoms with E-state index in [9.17, 15) is 24.5 Å². The van der Waals surface area contributed by atoms with Crippen LogP contribution in [0.15, 0.2) is 60.7 Å². The minimum Gasteiger partial charge on any atom is -0.497 e. The molecule has 10 heteroatoms. The number of nitro groups is 1. The molecule has 1 heterocycles. The molecule has 1 fully saturated rings. The number of benzene rings is 3. The Hall–Kier alpha value is -4.47. The number of amides is 4. The maximum Gasteiger partial charge on any atom is 0.325 e. The normalized spacial score (nSPS) is 17.4. The first kappa shape index (κ1) is 23.7. The number of imide groups is 1. The van der Waals surface area contributed by atoms with Gasteiger partial charge >= 0.3 is 6.03 Å². The molecule has 0 bridgehead atoms. The molecule has 0 spiro atoms. The summed E-state index contributed by atoms with van der Waals surface area (Å²) in [4.78, 5) is 51.2. The van der Waals surface area contributed by atoms with Gasteiger partial charge in [0.05, 0.1) is 12.0 Å². The number of hydrogen-bond acceptors (Lipinski definition) is 6. The Morgan fingerprint density at radius 1 is 1.09 bits per heavy atom. The number of carbonyl (C=O) groups excluding carboxylic acids is 3. The van der Waals surface area contributed by atoms with Crippen LogP contribution in [0.25, 0.3) is 10.8 Å². The Morgan fingerprint density at radius 3 is 2.40 bits per heavy atom. The summed E-state index contributed by atoms with van der Waals surface area (Å²) in [7, 11) is 3.21. The second-order valence-corrected chi connectivity index (χ2v) is 8.55. The van der Waals surface area contributed by atoms with E-state index in [-0.39, 0.29) is 5.69 Å². The van der Waals surface area contributed by atoms with Gasteiger partial charge in [-0.05, 0) is 59.2 Å². The summed E-state index contributed by atoms with van der Waals surface area (Å²) < 4.78 is 5.24. The number of likely N-dealkylation sites (N-methyl/N-ethyl adjacent to an activating group) is 1. The van der Waals surface area contributed by atoms with Crippen LogP contribution in [0, 0.1) is 10.1 Å². The smallest absolute Gasteiger partial charge is 0.325 e. The zero-order chi connectivity index (χ0) is 25.3. The number of carbonyl (C=O) groups is 3. The van der Waals surface area contributed by atoms with E-state index in [0.717, 1.165) is 27.0 Å². The predicted molar refractivity (Wildman–Crippen MR) is 128 cm³/mol. The molecule has 0 aliphatic carbocycles. The number of fused-ring (bicyclic) bond motifs is 1. The fourth-order valence-corrected chi connectivity index (χ4v) is 4.07. The van der Waals surface area contributed by atoms with Crippen molar-refractivity contribution in [3.05, 3.63) is 81.9 Å². The van der Waals surface area contributed by atoms with Crippen molar-refractivity contribution in [2.24, 2.45) is 0 Å². The molecule has 35 heavy (non-hydrogen) atoms. The fourth-order valence-electron chi connectivity index (χ4n) is 4.07. The number of hydrogen-bond donors (Lipinski definition) is 1. The van der Waals surface area contributed by atoms with Gasteiger partial charge in [-0.3, -0.25) is 24.6 Å². The lowest BCUT2D eigenvalue weighted by Crippen LogP contribution is -2.43. The van der Waals surface area contributed by atoms with Gasteiger partial charge in [-0.1, -0.05) is 18.2 Å². The monoisotopic (exact) mass is 476 g/mol. The van der Waals surface area contributed by atoms with Crippen molar-refractivity contribution in [1.82, 2.24) is 15.1 Å². The number of nitrogens with one attached hydrogen (secondary N) is 1. The predicted octanol–water partition coefficient (Wildman–Crippen LogP) is 3.18. The van der Waals surface area contributed by atoms with Crippen LogP contribution in [0.1, 0.15) is 18.1 Å². The molecule has 1 N–H and O–H groups in total. The molecule has 0 saturated carbocycles. The number of rotatable bonds is 7. The lowest BCUT2D eigenvalue weighted by molar-refractivity contribution is -0.384. The highest BCUT2D eigenvalue weighted by Crippen LogP contribution is 2.30. The molecule has 1 atom stereocenters. The number of nitrogens with zero attached hydrogens (tertiary/aromatic N) is 3. The average Bonchev–Trinajstić information content (AvgIpc) is 3.07. The van der Waals surface area contributed by atoms with Crippen LogP contribution in [0.4, 0.5) is 10.5 Å². The van der Waals surface area contributed by atoms with Gasteiger partial charge in [0, 0.05) is 25.7 Å². The highest BCUT2D eigenvalue weighted by atomic mass is 16.6. The van der Waals surface area contributed by atoms with Crippen LogP contribution in [-0.4, -0.2) is 53.3 Å². The van der Waals surface area contributed by atoms with Crippen LogP contribution >= 0.6 is 0 Å². The average molecular weight is 476 g/mol. The van der Waals surface area contributed by atoms with E-state index in [1.54, 1.807) is 14.2 Å². The quantitative estimate of drug-likeness (QED) is 0.318. The van der Waals surface area contributed by atoms with Crippen molar-refractivity contribution in [2.75, 3.05) is 20.7 Å². The van der Waals surface area contributed by atoms with E-state index in [4.69, 9.17) is 4.74 Å². The van der Waals surface area contributed by atoms with E-state index in [0.29, 0.717) is 12.1 Å². The molecule has 4 rings (SSSR count). The summed E-state index contributed by atoms with van der Waals surface area (Å²) in [5, 5.41) is 15.5. The summed E-state index contributed by atoms with van der Waals surface area (Å²) in [5.41, 5.74) is -0.274. The van der Waals surface area contributed by atoms with E-state index in [2.05, 4.69) is 5.32 Å². The van der Waals surface area contributed by atoms with Gasteiger partial charge < -0.3 is 15.0 Å². The van der Waals surface area contributed by atoms with Crippen molar-refractivity contribution in [3.8, 4) is 5.75 Å². The third-order valence-corrected chi connectivity index (χ3v) is 6.18. The van der Waals surface area contributed by atoms with Gasteiger partial charge in [-0.25, -0.2) is 4.79 Å². The van der Waals surface area contributed by atoms with Crippen LogP contribution in [0.3, 0.4) is 0 Å². The van der Waals surface area contributed by atoms with Gasteiger partial charge in [-0.15, -0.1) is 0 Å². The van der Waals surface area contributed by atoms with Crippen molar-refractivity contribution in [2.45, 2.75) is 19.0 Å². The molecule has 10 nitrogen and oxygen atoms in total. The minimum absolute atomic E-state index is 0.129. The molecule has 3 aromatic carbocycles. The van der Waals surface area contributed by atoms with Crippen LogP contribution in [-0.2, 0) is 21.7 Å². The Morgan fingerprint density at radius 2 is 1.74 bits per heavy atom. The summed E-state index contributed by atoms with van der Waals surface area (Å²) in [6, 6.07) is 16.2. The van der Waals surface area contributed by atoms with Gasteiger partial charge in [0.1, 0.15) is 17.8 Å². The van der Waals surface area contributed by atoms with Crippen molar-refractivity contribution in [3.63, 3.8) is 0 Å². The molecule has 0 aromatic heterocycles. The van der Waals surface area contributed by atoms with Crippen molar-refractivity contribution < 1.29 is 24.0 Å². The maximum absolute atomic E-state index is 13.1. The number of non-ortho nitro benzene ring substituents is 1. The lowest BCUT2D eigenvalue weighted by atomic mass is 9.92.